The molecule has 2 amide bonds. The first kappa shape index (κ1) is 22.1. The number of methoxy groups -OCH3 is 2. The van der Waals surface area contributed by atoms with Crippen LogP contribution < -0.4 is 20.1 Å². The van der Waals surface area contributed by atoms with Crippen molar-refractivity contribution >= 4 is 23.2 Å². The van der Waals surface area contributed by atoms with Gasteiger partial charge in [-0.3, -0.25) is 9.59 Å². The molecule has 6 nitrogen and oxygen atoms in total. The van der Waals surface area contributed by atoms with E-state index in [1.165, 1.54) is 26.4 Å². The summed E-state index contributed by atoms with van der Waals surface area (Å²) >= 11 is 0. The van der Waals surface area contributed by atoms with Gasteiger partial charge in [-0.25, -0.2) is 0 Å². The van der Waals surface area contributed by atoms with Gasteiger partial charge >= 0.3 is 6.18 Å². The minimum absolute atomic E-state index is 0.00584. The number of benzene rings is 2. The summed E-state index contributed by atoms with van der Waals surface area (Å²) < 4.78 is 47.7. The molecule has 0 heterocycles. The highest BCUT2D eigenvalue weighted by Gasteiger charge is 2.32. The Morgan fingerprint density at radius 2 is 1.66 bits per heavy atom. The molecule has 0 aliphatic carbocycles. The third-order valence-corrected chi connectivity index (χ3v) is 4.02. The summed E-state index contributed by atoms with van der Waals surface area (Å²) in [4.78, 5) is 24.4. The summed E-state index contributed by atoms with van der Waals surface area (Å²) in [5, 5.41) is 4.88. The fourth-order valence-corrected chi connectivity index (χ4v) is 2.63. The number of hydrogen-bond acceptors (Lipinski definition) is 4. The standard InChI is InChI=1S/C20H21F3N2O4/c1-11-5-6-12(2)14(7-11)25-19(27)13-8-15(18(29-4)16(9-13)28-3)24-17(26)10-20(21,22)23/h5-9H,10H2,1-4H3,(H,24,26)(H,25,27). The number of anilines is 2. The van der Waals surface area contributed by atoms with Gasteiger partial charge in [-0.15, -0.1) is 0 Å². The lowest BCUT2D eigenvalue weighted by molar-refractivity contribution is -0.150. The quantitative estimate of drug-likeness (QED) is 0.737. The monoisotopic (exact) mass is 410 g/mol. The Balaban J connectivity index is 2.38. The van der Waals surface area contributed by atoms with Crippen LogP contribution in [0.15, 0.2) is 30.3 Å². The Morgan fingerprint density at radius 3 is 2.24 bits per heavy atom. The van der Waals surface area contributed by atoms with Gasteiger partial charge in [0, 0.05) is 11.3 Å². The number of rotatable bonds is 6. The first-order valence-corrected chi connectivity index (χ1v) is 8.55. The van der Waals surface area contributed by atoms with Crippen molar-refractivity contribution in [2.24, 2.45) is 0 Å². The Hall–Kier alpha value is -3.23. The molecule has 0 aliphatic rings. The van der Waals surface area contributed by atoms with E-state index >= 15 is 0 Å². The van der Waals surface area contributed by atoms with Crippen molar-refractivity contribution in [1.82, 2.24) is 0 Å². The molecule has 0 spiro atoms. The summed E-state index contributed by atoms with van der Waals surface area (Å²) in [6, 6.07) is 8.15. The first-order chi connectivity index (χ1) is 13.5. The molecule has 0 unspecified atom stereocenters. The average molecular weight is 410 g/mol. The van der Waals surface area contributed by atoms with E-state index in [2.05, 4.69) is 10.6 Å². The van der Waals surface area contributed by atoms with Gasteiger partial charge in [-0.1, -0.05) is 12.1 Å². The number of aryl methyl sites for hydroxylation is 2. The number of halogens is 3. The molecular formula is C20H21F3N2O4. The highest BCUT2D eigenvalue weighted by atomic mass is 19.4. The van der Waals surface area contributed by atoms with Crippen molar-refractivity contribution in [2.45, 2.75) is 26.4 Å². The molecule has 2 rings (SSSR count). The number of nitrogens with one attached hydrogen (secondary N) is 2. The van der Waals surface area contributed by atoms with Crippen molar-refractivity contribution in [2.75, 3.05) is 24.9 Å². The van der Waals surface area contributed by atoms with Crippen molar-refractivity contribution in [1.29, 1.82) is 0 Å². The summed E-state index contributed by atoms with van der Waals surface area (Å²) in [6.45, 7) is 3.70. The van der Waals surface area contributed by atoms with Gasteiger partial charge in [-0.2, -0.15) is 13.2 Å². The zero-order chi connectivity index (χ0) is 21.8. The van der Waals surface area contributed by atoms with E-state index in [-0.39, 0.29) is 22.7 Å². The van der Waals surface area contributed by atoms with E-state index in [1.807, 2.05) is 26.0 Å². The molecule has 0 atom stereocenters. The molecular weight excluding hydrogens is 389 g/mol. The molecule has 2 N–H and O–H groups in total. The predicted octanol–water partition coefficient (Wildman–Crippen LogP) is 4.46. The maximum absolute atomic E-state index is 12.7. The lowest BCUT2D eigenvalue weighted by atomic mass is 10.1. The van der Waals surface area contributed by atoms with Crippen LogP contribution in [0.4, 0.5) is 24.5 Å². The highest BCUT2D eigenvalue weighted by Crippen LogP contribution is 2.37. The zero-order valence-corrected chi connectivity index (χ0v) is 16.4. The Morgan fingerprint density at radius 1 is 0.966 bits per heavy atom. The molecule has 0 aromatic heterocycles. The topological polar surface area (TPSA) is 76.7 Å². The molecule has 0 saturated heterocycles. The van der Waals surface area contributed by atoms with E-state index < -0.39 is 24.4 Å². The van der Waals surface area contributed by atoms with Crippen molar-refractivity contribution in [3.63, 3.8) is 0 Å². The van der Waals surface area contributed by atoms with Crippen molar-refractivity contribution in [3.05, 3.63) is 47.0 Å². The minimum atomic E-state index is -4.67. The van der Waals surface area contributed by atoms with Gasteiger partial charge in [0.15, 0.2) is 11.5 Å². The van der Waals surface area contributed by atoms with Crippen LogP contribution in [0.25, 0.3) is 0 Å². The van der Waals surface area contributed by atoms with Crippen molar-refractivity contribution in [3.8, 4) is 11.5 Å². The van der Waals surface area contributed by atoms with Gasteiger partial charge in [0.05, 0.1) is 19.9 Å². The van der Waals surface area contributed by atoms with Crippen LogP contribution in [0.2, 0.25) is 0 Å². The maximum Gasteiger partial charge on any atom is 0.397 e. The molecule has 2 aromatic rings. The van der Waals surface area contributed by atoms with E-state index in [0.717, 1.165) is 11.1 Å². The highest BCUT2D eigenvalue weighted by molar-refractivity contribution is 6.06. The third kappa shape index (κ3) is 5.87. The summed E-state index contributed by atoms with van der Waals surface area (Å²) in [6.07, 6.45) is -6.34. The van der Waals surface area contributed by atoms with Crippen LogP contribution in [0, 0.1) is 13.8 Å². The second kappa shape index (κ2) is 8.85. The Kier molecular flexibility index (Phi) is 6.73. The number of alkyl halides is 3. The largest absolute Gasteiger partial charge is 0.493 e. The second-order valence-corrected chi connectivity index (χ2v) is 6.37. The Bertz CT molecular complexity index is 927. The molecule has 0 radical (unpaired) electrons. The third-order valence-electron chi connectivity index (χ3n) is 4.02. The molecule has 156 valence electrons. The van der Waals surface area contributed by atoms with Crippen LogP contribution in [0.1, 0.15) is 27.9 Å². The van der Waals surface area contributed by atoms with E-state index in [9.17, 15) is 22.8 Å². The van der Waals surface area contributed by atoms with Gasteiger partial charge < -0.3 is 20.1 Å². The van der Waals surface area contributed by atoms with Crippen LogP contribution in [-0.2, 0) is 4.79 Å². The van der Waals surface area contributed by atoms with E-state index in [4.69, 9.17) is 9.47 Å². The van der Waals surface area contributed by atoms with Crippen LogP contribution in [0.3, 0.4) is 0 Å². The second-order valence-electron chi connectivity index (χ2n) is 6.37. The number of hydrogen-bond donors (Lipinski definition) is 2. The number of ether oxygens (including phenoxy) is 2. The van der Waals surface area contributed by atoms with Gasteiger partial charge in [0.1, 0.15) is 6.42 Å². The number of amides is 2. The Labute approximate surface area is 166 Å². The molecule has 0 bridgehead atoms. The predicted molar refractivity (Wildman–Crippen MR) is 103 cm³/mol. The van der Waals surface area contributed by atoms with E-state index in [0.29, 0.717) is 5.69 Å². The molecule has 29 heavy (non-hydrogen) atoms. The molecule has 2 aromatic carbocycles. The van der Waals surface area contributed by atoms with Crippen molar-refractivity contribution < 1.29 is 32.2 Å². The van der Waals surface area contributed by atoms with E-state index in [1.54, 1.807) is 6.07 Å². The normalized spacial score (nSPS) is 11.0. The van der Waals surface area contributed by atoms with Gasteiger partial charge in [0.2, 0.25) is 5.91 Å². The number of carbonyl (C=O) groups is 2. The average Bonchev–Trinajstić information content (AvgIpc) is 2.62. The smallest absolute Gasteiger partial charge is 0.397 e. The lowest BCUT2D eigenvalue weighted by Crippen LogP contribution is -2.22. The molecule has 0 saturated carbocycles. The number of carbonyl (C=O) groups excluding carboxylic acids is 2. The van der Waals surface area contributed by atoms with Gasteiger partial charge in [0.25, 0.3) is 5.91 Å². The fourth-order valence-electron chi connectivity index (χ4n) is 2.63. The maximum atomic E-state index is 12.7. The molecule has 9 heteroatoms. The summed E-state index contributed by atoms with van der Waals surface area (Å²) in [5.41, 5.74) is 2.34. The zero-order valence-electron chi connectivity index (χ0n) is 16.4. The van der Waals surface area contributed by atoms with Crippen LogP contribution >= 0.6 is 0 Å². The molecule has 0 aliphatic heterocycles. The SMILES string of the molecule is COc1cc(C(=O)Nc2cc(C)ccc2C)cc(NC(=O)CC(F)(F)F)c1OC. The van der Waals surface area contributed by atoms with Crippen LogP contribution in [0.5, 0.6) is 11.5 Å². The lowest BCUT2D eigenvalue weighted by Gasteiger charge is -2.16. The van der Waals surface area contributed by atoms with Gasteiger partial charge in [-0.05, 0) is 43.2 Å². The fraction of sp³-hybridized carbons (Fsp3) is 0.300. The minimum Gasteiger partial charge on any atom is -0.493 e. The summed E-state index contributed by atoms with van der Waals surface area (Å²) in [5.74, 6) is -1.72. The molecule has 0 fully saturated rings. The first-order valence-electron chi connectivity index (χ1n) is 8.55. The van der Waals surface area contributed by atoms with Crippen LogP contribution in [-0.4, -0.2) is 32.2 Å². The summed E-state index contributed by atoms with van der Waals surface area (Å²) in [7, 11) is 2.58.